The number of aromatic nitrogens is 1. The van der Waals surface area contributed by atoms with Crippen molar-refractivity contribution >= 4 is 5.69 Å². The normalized spacial score (nSPS) is 17.8. The Bertz CT molecular complexity index is 610. The maximum absolute atomic E-state index is 5.92. The molecule has 3 heteroatoms. The van der Waals surface area contributed by atoms with Crippen molar-refractivity contribution in [3.63, 3.8) is 0 Å². The molecule has 0 fully saturated rings. The third-order valence-electron chi connectivity index (χ3n) is 3.84. The van der Waals surface area contributed by atoms with Crippen LogP contribution in [0.3, 0.4) is 0 Å². The molecule has 0 bridgehead atoms. The van der Waals surface area contributed by atoms with E-state index in [1.807, 2.05) is 19.2 Å². The SMILES string of the molecule is Cc1cccc2c1OCCCC2Nc1cccnc1C. The van der Waals surface area contributed by atoms with Crippen LogP contribution in [0.5, 0.6) is 5.75 Å². The topological polar surface area (TPSA) is 34.1 Å². The smallest absolute Gasteiger partial charge is 0.127 e. The number of nitrogens with zero attached hydrogens (tertiary/aromatic N) is 1. The molecule has 104 valence electrons. The lowest BCUT2D eigenvalue weighted by Gasteiger charge is -2.21. The van der Waals surface area contributed by atoms with Gasteiger partial charge in [0.2, 0.25) is 0 Å². The van der Waals surface area contributed by atoms with Gasteiger partial charge in [-0.2, -0.15) is 0 Å². The van der Waals surface area contributed by atoms with Gasteiger partial charge in [0.25, 0.3) is 0 Å². The Kier molecular flexibility index (Phi) is 3.59. The Labute approximate surface area is 120 Å². The summed E-state index contributed by atoms with van der Waals surface area (Å²) in [5, 5.41) is 3.63. The minimum atomic E-state index is 0.287. The number of fused-ring (bicyclic) bond motifs is 1. The van der Waals surface area contributed by atoms with Gasteiger partial charge in [-0.1, -0.05) is 18.2 Å². The third kappa shape index (κ3) is 2.48. The fourth-order valence-corrected chi connectivity index (χ4v) is 2.74. The van der Waals surface area contributed by atoms with Gasteiger partial charge in [-0.25, -0.2) is 0 Å². The van der Waals surface area contributed by atoms with Gasteiger partial charge in [0.1, 0.15) is 5.75 Å². The summed E-state index contributed by atoms with van der Waals surface area (Å²) in [6, 6.07) is 10.7. The van der Waals surface area contributed by atoms with Crippen LogP contribution in [0.25, 0.3) is 0 Å². The van der Waals surface area contributed by atoms with Crippen molar-refractivity contribution in [3.8, 4) is 5.75 Å². The number of aryl methyl sites for hydroxylation is 2. The molecule has 2 aromatic rings. The van der Waals surface area contributed by atoms with Crippen molar-refractivity contribution in [2.45, 2.75) is 32.7 Å². The van der Waals surface area contributed by atoms with Crippen molar-refractivity contribution in [1.29, 1.82) is 0 Å². The van der Waals surface area contributed by atoms with E-state index in [0.717, 1.165) is 36.6 Å². The second kappa shape index (κ2) is 5.53. The molecular formula is C17H20N2O. The molecule has 3 rings (SSSR count). The van der Waals surface area contributed by atoms with Crippen LogP contribution in [0.1, 0.15) is 35.7 Å². The van der Waals surface area contributed by atoms with E-state index in [1.165, 1.54) is 11.1 Å². The molecule has 0 spiro atoms. The largest absolute Gasteiger partial charge is 0.493 e. The third-order valence-corrected chi connectivity index (χ3v) is 3.84. The fourth-order valence-electron chi connectivity index (χ4n) is 2.74. The summed E-state index contributed by atoms with van der Waals surface area (Å²) in [6.07, 6.45) is 3.96. The highest BCUT2D eigenvalue weighted by Crippen LogP contribution is 2.36. The Morgan fingerprint density at radius 3 is 2.95 bits per heavy atom. The second-order valence-corrected chi connectivity index (χ2v) is 5.32. The molecule has 1 unspecified atom stereocenters. The van der Waals surface area contributed by atoms with Gasteiger partial charge in [0.05, 0.1) is 24.0 Å². The average Bonchev–Trinajstić information content (AvgIpc) is 2.65. The summed E-state index contributed by atoms with van der Waals surface area (Å²) in [5.41, 5.74) is 4.60. The first-order valence-corrected chi connectivity index (χ1v) is 7.16. The summed E-state index contributed by atoms with van der Waals surface area (Å²) >= 11 is 0. The van der Waals surface area contributed by atoms with Gasteiger partial charge >= 0.3 is 0 Å². The van der Waals surface area contributed by atoms with Crippen LogP contribution in [-0.2, 0) is 0 Å². The first kappa shape index (κ1) is 13.0. The number of pyridine rings is 1. The Hall–Kier alpha value is -2.03. The zero-order chi connectivity index (χ0) is 13.9. The molecule has 1 N–H and O–H groups in total. The molecule has 0 radical (unpaired) electrons. The number of hydrogen-bond donors (Lipinski definition) is 1. The molecule has 0 aliphatic carbocycles. The molecule has 0 saturated heterocycles. The number of para-hydroxylation sites is 1. The van der Waals surface area contributed by atoms with Gasteiger partial charge in [-0.3, -0.25) is 4.98 Å². The van der Waals surface area contributed by atoms with E-state index in [0.29, 0.717) is 0 Å². The lowest BCUT2D eigenvalue weighted by atomic mass is 9.99. The monoisotopic (exact) mass is 268 g/mol. The standard InChI is InChI=1S/C17H20N2O/c1-12-6-3-7-14-16(9-5-11-20-17(12)14)19-15-8-4-10-18-13(15)2/h3-4,6-8,10,16,19H,5,9,11H2,1-2H3. The van der Waals surface area contributed by atoms with Crippen molar-refractivity contribution < 1.29 is 4.74 Å². The predicted molar refractivity (Wildman–Crippen MR) is 81.2 cm³/mol. The van der Waals surface area contributed by atoms with E-state index >= 15 is 0 Å². The van der Waals surface area contributed by atoms with Gasteiger partial charge in [-0.15, -0.1) is 0 Å². The summed E-state index contributed by atoms with van der Waals surface area (Å²) in [5.74, 6) is 1.05. The van der Waals surface area contributed by atoms with Crippen molar-refractivity contribution in [2.24, 2.45) is 0 Å². The molecule has 2 heterocycles. The van der Waals surface area contributed by atoms with E-state index in [4.69, 9.17) is 4.74 Å². The fraction of sp³-hybridized carbons (Fsp3) is 0.353. The zero-order valence-corrected chi connectivity index (χ0v) is 12.0. The lowest BCUT2D eigenvalue weighted by Crippen LogP contribution is -2.11. The zero-order valence-electron chi connectivity index (χ0n) is 12.0. The van der Waals surface area contributed by atoms with Gasteiger partial charge < -0.3 is 10.1 Å². The molecule has 0 saturated carbocycles. The number of hydrogen-bond acceptors (Lipinski definition) is 3. The minimum Gasteiger partial charge on any atom is -0.493 e. The highest BCUT2D eigenvalue weighted by molar-refractivity contribution is 5.52. The van der Waals surface area contributed by atoms with Crippen molar-refractivity contribution in [2.75, 3.05) is 11.9 Å². The summed E-state index contributed by atoms with van der Waals surface area (Å²) in [6.45, 7) is 4.94. The van der Waals surface area contributed by atoms with Crippen LogP contribution in [-0.4, -0.2) is 11.6 Å². The van der Waals surface area contributed by atoms with Crippen molar-refractivity contribution in [3.05, 3.63) is 53.3 Å². The average molecular weight is 268 g/mol. The summed E-state index contributed by atoms with van der Waals surface area (Å²) in [4.78, 5) is 4.35. The Balaban J connectivity index is 1.95. The number of ether oxygens (including phenoxy) is 1. The molecule has 1 aromatic heterocycles. The molecule has 1 aliphatic heterocycles. The summed E-state index contributed by atoms with van der Waals surface area (Å²) in [7, 11) is 0. The van der Waals surface area contributed by atoms with Crippen LogP contribution < -0.4 is 10.1 Å². The number of anilines is 1. The van der Waals surface area contributed by atoms with Gasteiger partial charge in [-0.05, 0) is 44.4 Å². The Morgan fingerprint density at radius 1 is 1.20 bits per heavy atom. The van der Waals surface area contributed by atoms with E-state index in [2.05, 4.69) is 41.5 Å². The maximum Gasteiger partial charge on any atom is 0.127 e. The molecule has 1 aliphatic rings. The van der Waals surface area contributed by atoms with E-state index in [1.54, 1.807) is 0 Å². The van der Waals surface area contributed by atoms with Crippen LogP contribution in [0, 0.1) is 13.8 Å². The van der Waals surface area contributed by atoms with Crippen LogP contribution >= 0.6 is 0 Å². The lowest BCUT2D eigenvalue weighted by molar-refractivity contribution is 0.314. The van der Waals surface area contributed by atoms with E-state index < -0.39 is 0 Å². The molecule has 1 atom stereocenters. The quantitative estimate of drug-likeness (QED) is 0.893. The van der Waals surface area contributed by atoms with Crippen molar-refractivity contribution in [1.82, 2.24) is 4.98 Å². The molecule has 1 aromatic carbocycles. The number of rotatable bonds is 2. The number of nitrogens with one attached hydrogen (secondary N) is 1. The predicted octanol–water partition coefficient (Wildman–Crippen LogP) is 4.02. The highest BCUT2D eigenvalue weighted by atomic mass is 16.5. The van der Waals surface area contributed by atoms with Crippen LogP contribution in [0.2, 0.25) is 0 Å². The summed E-state index contributed by atoms with van der Waals surface area (Å²) < 4.78 is 5.92. The first-order chi connectivity index (χ1) is 9.75. The van der Waals surface area contributed by atoms with Crippen LogP contribution in [0.15, 0.2) is 36.5 Å². The van der Waals surface area contributed by atoms with Gasteiger partial charge in [0.15, 0.2) is 0 Å². The van der Waals surface area contributed by atoms with Crippen LogP contribution in [0.4, 0.5) is 5.69 Å². The minimum absolute atomic E-state index is 0.287. The molecule has 3 nitrogen and oxygen atoms in total. The second-order valence-electron chi connectivity index (χ2n) is 5.32. The highest BCUT2D eigenvalue weighted by Gasteiger charge is 2.21. The molecular weight excluding hydrogens is 248 g/mol. The van der Waals surface area contributed by atoms with E-state index in [9.17, 15) is 0 Å². The maximum atomic E-state index is 5.92. The molecule has 0 amide bonds. The first-order valence-electron chi connectivity index (χ1n) is 7.16. The number of benzene rings is 1. The van der Waals surface area contributed by atoms with Gasteiger partial charge in [0, 0.05) is 11.8 Å². The molecule has 20 heavy (non-hydrogen) atoms. The Morgan fingerprint density at radius 2 is 2.10 bits per heavy atom. The van der Waals surface area contributed by atoms with E-state index in [-0.39, 0.29) is 6.04 Å².